The van der Waals surface area contributed by atoms with Crippen LogP contribution in [-0.2, 0) is 4.74 Å². The molecule has 0 radical (unpaired) electrons. The van der Waals surface area contributed by atoms with Gasteiger partial charge in [0, 0.05) is 18.8 Å². The van der Waals surface area contributed by atoms with Crippen molar-refractivity contribution in [2.45, 2.75) is 25.9 Å². The smallest absolute Gasteiger partial charge is 0.338 e. The molecule has 0 spiro atoms. The van der Waals surface area contributed by atoms with Gasteiger partial charge in [-0.05, 0) is 43.7 Å². The van der Waals surface area contributed by atoms with Crippen LogP contribution in [0.15, 0.2) is 24.3 Å². The van der Waals surface area contributed by atoms with E-state index in [1.807, 2.05) is 0 Å². The van der Waals surface area contributed by atoms with E-state index in [1.165, 1.54) is 0 Å². The summed E-state index contributed by atoms with van der Waals surface area (Å²) in [5.74, 6) is -0.245. The van der Waals surface area contributed by atoms with Crippen LogP contribution < -0.4 is 5.73 Å². The topological polar surface area (TPSA) is 55.6 Å². The van der Waals surface area contributed by atoms with Crippen molar-refractivity contribution in [3.63, 3.8) is 0 Å². The Balaban J connectivity index is 1.86. The highest BCUT2D eigenvalue weighted by Gasteiger charge is 2.21. The van der Waals surface area contributed by atoms with Crippen molar-refractivity contribution in [1.29, 1.82) is 0 Å². The summed E-state index contributed by atoms with van der Waals surface area (Å²) >= 11 is 0. The second-order valence-electron chi connectivity index (χ2n) is 4.66. The Hall–Kier alpha value is -1.55. The maximum absolute atomic E-state index is 11.9. The van der Waals surface area contributed by atoms with E-state index in [9.17, 15) is 4.79 Å². The monoisotopic (exact) mass is 248 g/mol. The highest BCUT2D eigenvalue weighted by molar-refractivity contribution is 5.89. The van der Waals surface area contributed by atoms with E-state index in [2.05, 4.69) is 11.8 Å². The number of hydrogen-bond donors (Lipinski definition) is 1. The summed E-state index contributed by atoms with van der Waals surface area (Å²) in [5.41, 5.74) is 6.81. The van der Waals surface area contributed by atoms with E-state index in [-0.39, 0.29) is 12.1 Å². The third kappa shape index (κ3) is 3.23. The maximum atomic E-state index is 11.9. The lowest BCUT2D eigenvalue weighted by Crippen LogP contribution is -2.37. The minimum Gasteiger partial charge on any atom is -0.459 e. The minimum absolute atomic E-state index is 0.0536. The van der Waals surface area contributed by atoms with Gasteiger partial charge in [0.25, 0.3) is 0 Å². The number of carbonyl (C=O) groups excluding carboxylic acids is 1. The van der Waals surface area contributed by atoms with Crippen molar-refractivity contribution in [3.8, 4) is 0 Å². The quantitative estimate of drug-likeness (QED) is 0.656. The van der Waals surface area contributed by atoms with Crippen LogP contribution in [0.5, 0.6) is 0 Å². The predicted octanol–water partition coefficient (Wildman–Crippen LogP) is 1.91. The summed E-state index contributed by atoms with van der Waals surface area (Å²) in [4.78, 5) is 14.3. The summed E-state index contributed by atoms with van der Waals surface area (Å²) in [6.45, 7) is 5.24. The maximum Gasteiger partial charge on any atom is 0.338 e. The van der Waals surface area contributed by atoms with Crippen LogP contribution in [0.2, 0.25) is 0 Å². The van der Waals surface area contributed by atoms with E-state index in [4.69, 9.17) is 10.5 Å². The number of likely N-dealkylation sites (tertiary alicyclic amines) is 1. The summed E-state index contributed by atoms with van der Waals surface area (Å²) in [5, 5.41) is 0. The summed E-state index contributed by atoms with van der Waals surface area (Å²) in [7, 11) is 0. The molecule has 2 rings (SSSR count). The normalized spacial score (nSPS) is 17.6. The molecule has 2 N–H and O–H groups in total. The van der Waals surface area contributed by atoms with Gasteiger partial charge in [-0.1, -0.05) is 6.92 Å². The number of piperidine rings is 1. The molecule has 0 aliphatic carbocycles. The van der Waals surface area contributed by atoms with Gasteiger partial charge in [0.15, 0.2) is 0 Å². The first-order valence-corrected chi connectivity index (χ1v) is 6.48. The molecule has 18 heavy (non-hydrogen) atoms. The molecule has 0 saturated carbocycles. The SMILES string of the molecule is CCN1CCC(OC(=O)c2ccc(N)cc2)CC1. The van der Waals surface area contributed by atoms with Gasteiger partial charge in [0.1, 0.15) is 6.10 Å². The average molecular weight is 248 g/mol. The van der Waals surface area contributed by atoms with Crippen LogP contribution in [0.25, 0.3) is 0 Å². The fourth-order valence-electron chi connectivity index (χ4n) is 2.18. The average Bonchev–Trinajstić information content (AvgIpc) is 2.40. The summed E-state index contributed by atoms with van der Waals surface area (Å²) < 4.78 is 5.50. The number of esters is 1. The van der Waals surface area contributed by atoms with Gasteiger partial charge in [0.2, 0.25) is 0 Å². The zero-order valence-corrected chi connectivity index (χ0v) is 10.8. The van der Waals surface area contributed by atoms with Gasteiger partial charge < -0.3 is 15.4 Å². The molecule has 1 aromatic rings. The molecular formula is C14H20N2O2. The summed E-state index contributed by atoms with van der Waals surface area (Å²) in [6.07, 6.45) is 1.90. The Morgan fingerprint density at radius 1 is 1.33 bits per heavy atom. The first kappa shape index (κ1) is 12.9. The third-order valence-electron chi connectivity index (χ3n) is 3.40. The van der Waals surface area contributed by atoms with Gasteiger partial charge in [0.05, 0.1) is 5.56 Å². The van der Waals surface area contributed by atoms with Crippen molar-refractivity contribution < 1.29 is 9.53 Å². The number of hydrogen-bond acceptors (Lipinski definition) is 4. The zero-order chi connectivity index (χ0) is 13.0. The Bertz CT molecular complexity index is 395. The minimum atomic E-state index is -0.245. The van der Waals surface area contributed by atoms with E-state index in [1.54, 1.807) is 24.3 Å². The highest BCUT2D eigenvalue weighted by Crippen LogP contribution is 2.16. The molecule has 1 fully saturated rings. The lowest BCUT2D eigenvalue weighted by molar-refractivity contribution is 0.0119. The lowest BCUT2D eigenvalue weighted by Gasteiger charge is -2.30. The number of anilines is 1. The molecule has 98 valence electrons. The molecule has 4 nitrogen and oxygen atoms in total. The molecule has 0 atom stereocenters. The number of ether oxygens (including phenoxy) is 1. The molecule has 0 amide bonds. The van der Waals surface area contributed by atoms with Crippen LogP contribution in [0.1, 0.15) is 30.1 Å². The van der Waals surface area contributed by atoms with Crippen LogP contribution in [-0.4, -0.2) is 36.6 Å². The first-order chi connectivity index (χ1) is 8.69. The Morgan fingerprint density at radius 3 is 2.50 bits per heavy atom. The Morgan fingerprint density at radius 2 is 1.94 bits per heavy atom. The number of rotatable bonds is 3. The molecule has 4 heteroatoms. The highest BCUT2D eigenvalue weighted by atomic mass is 16.5. The number of nitrogen functional groups attached to an aromatic ring is 1. The third-order valence-corrected chi connectivity index (χ3v) is 3.40. The number of nitrogens with two attached hydrogens (primary N) is 1. The number of benzene rings is 1. The van der Waals surface area contributed by atoms with Gasteiger partial charge in [-0.3, -0.25) is 0 Å². The second kappa shape index (κ2) is 5.87. The first-order valence-electron chi connectivity index (χ1n) is 6.48. The van der Waals surface area contributed by atoms with Crippen LogP contribution in [0.4, 0.5) is 5.69 Å². The molecule has 1 saturated heterocycles. The lowest BCUT2D eigenvalue weighted by atomic mass is 10.1. The van der Waals surface area contributed by atoms with Crippen molar-refractivity contribution in [1.82, 2.24) is 4.90 Å². The molecule has 0 aromatic heterocycles. The number of nitrogens with zero attached hydrogens (tertiary/aromatic N) is 1. The Labute approximate surface area is 108 Å². The van der Waals surface area contributed by atoms with E-state index >= 15 is 0 Å². The van der Waals surface area contributed by atoms with Gasteiger partial charge in [-0.25, -0.2) is 4.79 Å². The summed E-state index contributed by atoms with van der Waals surface area (Å²) in [6, 6.07) is 6.85. The molecule has 0 bridgehead atoms. The standard InChI is InChI=1S/C14H20N2O2/c1-2-16-9-7-13(8-10-16)18-14(17)11-3-5-12(15)6-4-11/h3-6,13H,2,7-10,15H2,1H3. The van der Waals surface area contributed by atoms with Crippen LogP contribution in [0, 0.1) is 0 Å². The second-order valence-corrected chi connectivity index (χ2v) is 4.66. The molecule has 1 aromatic carbocycles. The molecule has 1 aliphatic heterocycles. The van der Waals surface area contributed by atoms with Crippen molar-refractivity contribution in [2.24, 2.45) is 0 Å². The molecular weight excluding hydrogens is 228 g/mol. The van der Waals surface area contributed by atoms with Gasteiger partial charge in [-0.2, -0.15) is 0 Å². The van der Waals surface area contributed by atoms with Crippen LogP contribution >= 0.6 is 0 Å². The molecule has 0 unspecified atom stereocenters. The van der Waals surface area contributed by atoms with Crippen LogP contribution in [0.3, 0.4) is 0 Å². The molecule has 1 aliphatic rings. The van der Waals surface area contributed by atoms with E-state index in [0.717, 1.165) is 32.5 Å². The van der Waals surface area contributed by atoms with E-state index in [0.29, 0.717) is 11.3 Å². The van der Waals surface area contributed by atoms with E-state index < -0.39 is 0 Å². The number of carbonyl (C=O) groups is 1. The molecule has 1 heterocycles. The fraction of sp³-hybridized carbons (Fsp3) is 0.500. The largest absolute Gasteiger partial charge is 0.459 e. The van der Waals surface area contributed by atoms with Gasteiger partial charge in [-0.15, -0.1) is 0 Å². The Kier molecular flexibility index (Phi) is 4.20. The van der Waals surface area contributed by atoms with Crippen molar-refractivity contribution in [2.75, 3.05) is 25.4 Å². The van der Waals surface area contributed by atoms with Crippen molar-refractivity contribution in [3.05, 3.63) is 29.8 Å². The fourth-order valence-corrected chi connectivity index (χ4v) is 2.18. The van der Waals surface area contributed by atoms with Crippen molar-refractivity contribution >= 4 is 11.7 Å². The zero-order valence-electron chi connectivity index (χ0n) is 10.8. The predicted molar refractivity (Wildman–Crippen MR) is 71.4 cm³/mol. The van der Waals surface area contributed by atoms with Gasteiger partial charge >= 0.3 is 5.97 Å².